The largest absolute Gasteiger partial charge is 0.472 e. The highest BCUT2D eigenvalue weighted by molar-refractivity contribution is 7.06. The van der Waals surface area contributed by atoms with Gasteiger partial charge in [-0.05, 0) is 41.9 Å². The molecule has 1 amide bonds. The third-order valence-corrected chi connectivity index (χ3v) is 3.94. The molecule has 3 aromatic rings. The van der Waals surface area contributed by atoms with E-state index in [4.69, 9.17) is 20.8 Å². The van der Waals surface area contributed by atoms with E-state index in [9.17, 15) is 4.79 Å². The number of rotatable bonds is 4. The van der Waals surface area contributed by atoms with Gasteiger partial charge >= 0.3 is 0 Å². The Morgan fingerprint density at radius 2 is 2.21 bits per heavy atom. The van der Waals surface area contributed by atoms with Crippen molar-refractivity contribution in [2.24, 2.45) is 0 Å². The van der Waals surface area contributed by atoms with Crippen molar-refractivity contribution in [2.75, 3.05) is 11.1 Å². The second-order valence-electron chi connectivity index (χ2n) is 4.83. The summed E-state index contributed by atoms with van der Waals surface area (Å²) in [6, 6.07) is 9.88. The van der Waals surface area contributed by atoms with Crippen LogP contribution in [0, 0.1) is 16.7 Å². The maximum atomic E-state index is 12.2. The predicted molar refractivity (Wildman–Crippen MR) is 90.3 cm³/mol. The minimum absolute atomic E-state index is 0.167. The fraction of sp³-hybridized carbons (Fsp3) is 0. The molecule has 0 aliphatic rings. The van der Waals surface area contributed by atoms with Crippen molar-refractivity contribution in [3.8, 4) is 6.07 Å². The van der Waals surface area contributed by atoms with E-state index in [1.54, 1.807) is 24.3 Å². The summed E-state index contributed by atoms with van der Waals surface area (Å²) in [4.78, 5) is 12.5. The second-order valence-corrected chi connectivity index (χ2v) is 5.64. The lowest BCUT2D eigenvalue weighted by atomic mass is 10.0. The van der Waals surface area contributed by atoms with Gasteiger partial charge in [-0.1, -0.05) is 0 Å². The van der Waals surface area contributed by atoms with E-state index in [1.807, 2.05) is 6.07 Å². The molecule has 1 aromatic carbocycles. The highest BCUT2D eigenvalue weighted by Crippen LogP contribution is 2.22. The van der Waals surface area contributed by atoms with Crippen LogP contribution in [0.4, 0.5) is 11.4 Å². The van der Waals surface area contributed by atoms with Crippen LogP contribution in [-0.2, 0) is 0 Å². The van der Waals surface area contributed by atoms with Crippen LogP contribution < -0.4 is 11.1 Å². The summed E-state index contributed by atoms with van der Waals surface area (Å²) < 4.78 is 8.90. The van der Waals surface area contributed by atoms with Crippen molar-refractivity contribution in [2.45, 2.75) is 0 Å². The monoisotopic (exact) mass is 337 g/mol. The summed E-state index contributed by atoms with van der Waals surface area (Å²) in [5, 5.41) is 19.7. The molecule has 0 spiro atoms. The number of nitrogen functional groups attached to an aromatic ring is 1. The summed E-state index contributed by atoms with van der Waals surface area (Å²) in [7, 11) is 0. The Kier molecular flexibility index (Phi) is 4.09. The lowest BCUT2D eigenvalue weighted by molar-refractivity contribution is 0.102. The Morgan fingerprint density at radius 3 is 2.88 bits per heavy atom. The lowest BCUT2D eigenvalue weighted by Crippen LogP contribution is -2.13. The molecule has 7 nitrogen and oxygen atoms in total. The molecule has 0 atom stereocenters. The molecule has 24 heavy (non-hydrogen) atoms. The number of furan rings is 1. The van der Waals surface area contributed by atoms with Crippen LogP contribution in [0.3, 0.4) is 0 Å². The number of nitrogens with one attached hydrogen (secondary N) is 2. The molecule has 3 rings (SSSR count). The Hall–Kier alpha value is -3.44. The number of hydrogen-bond donors (Lipinski definition) is 3. The number of amides is 1. The Balaban J connectivity index is 1.85. The van der Waals surface area contributed by atoms with Gasteiger partial charge in [0.2, 0.25) is 0 Å². The summed E-state index contributed by atoms with van der Waals surface area (Å²) >= 11 is 0.961. The fourth-order valence-corrected chi connectivity index (χ4v) is 2.58. The van der Waals surface area contributed by atoms with E-state index in [2.05, 4.69) is 9.69 Å². The maximum absolute atomic E-state index is 12.2. The number of nitrogens with zero attached hydrogens (tertiary/aromatic N) is 2. The smallest absolute Gasteiger partial charge is 0.275 e. The molecule has 0 unspecified atom stereocenters. The second kappa shape index (κ2) is 6.36. The van der Waals surface area contributed by atoms with Crippen LogP contribution in [0.25, 0.3) is 0 Å². The van der Waals surface area contributed by atoms with Gasteiger partial charge in [0.1, 0.15) is 16.6 Å². The summed E-state index contributed by atoms with van der Waals surface area (Å²) in [6.45, 7) is 0. The number of carbonyl (C=O) groups is 1. The van der Waals surface area contributed by atoms with Gasteiger partial charge in [-0.15, -0.1) is 0 Å². The maximum Gasteiger partial charge on any atom is 0.275 e. The molecular weight excluding hydrogens is 326 g/mol. The topological polar surface area (TPSA) is 129 Å². The first-order valence-corrected chi connectivity index (χ1v) is 7.55. The van der Waals surface area contributed by atoms with E-state index in [1.165, 1.54) is 18.6 Å². The third-order valence-electron chi connectivity index (χ3n) is 3.24. The molecule has 0 fully saturated rings. The molecule has 0 radical (unpaired) electrons. The van der Waals surface area contributed by atoms with E-state index in [-0.39, 0.29) is 11.4 Å². The van der Waals surface area contributed by atoms with E-state index in [0.717, 1.165) is 11.5 Å². The Bertz CT molecular complexity index is 953. The minimum Gasteiger partial charge on any atom is -0.472 e. The van der Waals surface area contributed by atoms with Gasteiger partial charge in [0, 0.05) is 22.5 Å². The van der Waals surface area contributed by atoms with E-state index >= 15 is 0 Å². The van der Waals surface area contributed by atoms with Crippen LogP contribution in [-0.4, -0.2) is 16.0 Å². The number of nitrogens with two attached hydrogens (primary N) is 1. The van der Waals surface area contributed by atoms with Crippen molar-refractivity contribution >= 4 is 34.5 Å². The van der Waals surface area contributed by atoms with Crippen LogP contribution in [0.5, 0.6) is 0 Å². The molecule has 0 saturated heterocycles. The van der Waals surface area contributed by atoms with Gasteiger partial charge in [0.05, 0.1) is 18.2 Å². The molecule has 118 valence electrons. The van der Waals surface area contributed by atoms with Crippen molar-refractivity contribution in [3.63, 3.8) is 0 Å². The zero-order chi connectivity index (χ0) is 17.1. The molecule has 0 aliphatic carbocycles. The van der Waals surface area contributed by atoms with E-state index < -0.39 is 5.91 Å². The van der Waals surface area contributed by atoms with Crippen molar-refractivity contribution in [3.05, 3.63) is 64.6 Å². The number of anilines is 2. The van der Waals surface area contributed by atoms with Gasteiger partial charge < -0.3 is 15.5 Å². The van der Waals surface area contributed by atoms with Crippen LogP contribution in [0.1, 0.15) is 26.5 Å². The molecule has 4 N–H and O–H groups in total. The number of benzene rings is 1. The van der Waals surface area contributed by atoms with E-state index in [0.29, 0.717) is 27.4 Å². The quantitative estimate of drug-likeness (QED) is 0.498. The predicted octanol–water partition coefficient (Wildman–Crippen LogP) is 2.86. The van der Waals surface area contributed by atoms with Crippen molar-refractivity contribution in [1.29, 1.82) is 10.7 Å². The fourth-order valence-electron chi connectivity index (χ4n) is 2.04. The summed E-state index contributed by atoms with van der Waals surface area (Å²) in [6.07, 6.45) is 2.92. The van der Waals surface area contributed by atoms with Gasteiger partial charge in [-0.3, -0.25) is 10.2 Å². The molecular formula is C16H11N5O2S. The highest BCUT2D eigenvalue weighted by Gasteiger charge is 2.14. The lowest BCUT2D eigenvalue weighted by Gasteiger charge is -2.09. The third kappa shape index (κ3) is 3.02. The zero-order valence-corrected chi connectivity index (χ0v) is 13.1. The molecule has 2 aromatic heterocycles. The molecule has 0 saturated carbocycles. The van der Waals surface area contributed by atoms with Gasteiger partial charge in [-0.25, -0.2) is 0 Å². The van der Waals surface area contributed by atoms with Crippen LogP contribution >= 0.6 is 11.5 Å². The van der Waals surface area contributed by atoms with Crippen LogP contribution in [0.2, 0.25) is 0 Å². The number of hydrogen-bond acceptors (Lipinski definition) is 7. The molecule has 0 bridgehead atoms. The zero-order valence-electron chi connectivity index (χ0n) is 12.2. The number of nitriles is 1. The standard InChI is InChI=1S/C16H11N5O2S/c17-7-11-6-14(21-24-11)16(22)20-10-1-2-13(18)12(5-10)15(19)9-3-4-23-8-9/h1-6,8,19H,18H2,(H,20,22). The number of aromatic nitrogens is 1. The normalized spacial score (nSPS) is 10.1. The van der Waals surface area contributed by atoms with Crippen molar-refractivity contribution < 1.29 is 9.21 Å². The summed E-state index contributed by atoms with van der Waals surface area (Å²) in [5.74, 6) is -0.432. The molecule has 2 heterocycles. The SMILES string of the molecule is N#Cc1cc(C(=O)Nc2ccc(N)c(C(=N)c3ccoc3)c2)ns1. The van der Waals surface area contributed by atoms with Gasteiger partial charge in [0.15, 0.2) is 0 Å². The molecule has 0 aliphatic heterocycles. The van der Waals surface area contributed by atoms with Crippen LogP contribution in [0.15, 0.2) is 47.3 Å². The first-order valence-electron chi connectivity index (χ1n) is 6.77. The van der Waals surface area contributed by atoms with Crippen molar-refractivity contribution in [1.82, 2.24) is 4.37 Å². The Morgan fingerprint density at radius 1 is 1.38 bits per heavy atom. The molecule has 8 heteroatoms. The van der Waals surface area contributed by atoms with Gasteiger partial charge in [0.25, 0.3) is 5.91 Å². The highest BCUT2D eigenvalue weighted by atomic mass is 32.1. The Labute approximate surface area is 141 Å². The average Bonchev–Trinajstić information content (AvgIpc) is 3.27. The van der Waals surface area contributed by atoms with Gasteiger partial charge in [-0.2, -0.15) is 9.64 Å². The minimum atomic E-state index is -0.432. The summed E-state index contributed by atoms with van der Waals surface area (Å²) in [5.41, 5.74) is 8.24. The average molecular weight is 337 g/mol. The first-order chi connectivity index (χ1) is 11.6. The number of carbonyl (C=O) groups excluding carboxylic acids is 1. The first kappa shape index (κ1) is 15.5.